The van der Waals surface area contributed by atoms with Crippen LogP contribution < -0.4 is 0 Å². The van der Waals surface area contributed by atoms with Crippen LogP contribution in [-0.2, 0) is 0 Å². The SMILES string of the molecule is C=CC[Si](C)(CC=C)CCCCBr. The first-order valence-electron chi connectivity index (χ1n) is 4.96. The Morgan fingerprint density at radius 2 is 1.69 bits per heavy atom. The molecule has 0 unspecified atom stereocenters. The monoisotopic (exact) mass is 260 g/mol. The first-order valence-corrected chi connectivity index (χ1v) is 9.20. The van der Waals surface area contributed by atoms with E-state index < -0.39 is 8.07 Å². The second-order valence-electron chi connectivity index (χ2n) is 3.94. The van der Waals surface area contributed by atoms with Gasteiger partial charge in [-0.15, -0.1) is 13.2 Å². The van der Waals surface area contributed by atoms with Gasteiger partial charge >= 0.3 is 0 Å². The van der Waals surface area contributed by atoms with Crippen molar-refractivity contribution in [3.05, 3.63) is 25.3 Å². The molecule has 0 N–H and O–H groups in total. The number of hydrogen-bond acceptors (Lipinski definition) is 0. The van der Waals surface area contributed by atoms with Crippen LogP contribution in [0.2, 0.25) is 24.7 Å². The van der Waals surface area contributed by atoms with E-state index >= 15 is 0 Å². The summed E-state index contributed by atoms with van der Waals surface area (Å²) in [6, 6.07) is 3.89. The summed E-state index contributed by atoms with van der Waals surface area (Å²) >= 11 is 3.47. The van der Waals surface area contributed by atoms with Gasteiger partial charge < -0.3 is 0 Å². The number of halogens is 1. The van der Waals surface area contributed by atoms with Crippen molar-refractivity contribution in [3.63, 3.8) is 0 Å². The van der Waals surface area contributed by atoms with Crippen LogP contribution in [0.5, 0.6) is 0 Å². The summed E-state index contributed by atoms with van der Waals surface area (Å²) in [4.78, 5) is 0. The van der Waals surface area contributed by atoms with E-state index in [1.54, 1.807) is 0 Å². The number of unbranched alkanes of at least 4 members (excludes halogenated alkanes) is 1. The maximum Gasteiger partial charge on any atom is 0.0579 e. The summed E-state index contributed by atoms with van der Waals surface area (Å²) in [6.45, 7) is 10.2. The van der Waals surface area contributed by atoms with Gasteiger partial charge in [0.1, 0.15) is 0 Å². The van der Waals surface area contributed by atoms with Crippen LogP contribution in [0.3, 0.4) is 0 Å². The third kappa shape index (κ3) is 6.27. The Bertz CT molecular complexity index is 144. The van der Waals surface area contributed by atoms with E-state index in [9.17, 15) is 0 Å². The van der Waals surface area contributed by atoms with Gasteiger partial charge in [0.25, 0.3) is 0 Å². The van der Waals surface area contributed by atoms with Gasteiger partial charge in [-0.25, -0.2) is 0 Å². The van der Waals surface area contributed by atoms with Crippen molar-refractivity contribution in [1.29, 1.82) is 0 Å². The van der Waals surface area contributed by atoms with Crippen LogP contribution in [0, 0.1) is 0 Å². The maximum atomic E-state index is 3.85. The molecule has 0 fully saturated rings. The average molecular weight is 261 g/mol. The molecule has 0 heterocycles. The zero-order chi connectivity index (χ0) is 10.2. The molecule has 0 aliphatic heterocycles. The Morgan fingerprint density at radius 3 is 2.08 bits per heavy atom. The lowest BCUT2D eigenvalue weighted by molar-refractivity contribution is 0.877. The molecule has 13 heavy (non-hydrogen) atoms. The Hall–Kier alpha value is 0.177. The van der Waals surface area contributed by atoms with Gasteiger partial charge in [0, 0.05) is 5.33 Å². The van der Waals surface area contributed by atoms with Crippen LogP contribution in [0.15, 0.2) is 25.3 Å². The smallest absolute Gasteiger partial charge is 0.0579 e. The lowest BCUT2D eigenvalue weighted by atomic mass is 10.4. The Morgan fingerprint density at radius 1 is 1.15 bits per heavy atom. The molecule has 0 aromatic carbocycles. The fourth-order valence-electron chi connectivity index (χ4n) is 1.63. The fourth-order valence-corrected chi connectivity index (χ4v) is 5.10. The average Bonchev–Trinajstić information content (AvgIpc) is 2.05. The number of hydrogen-bond donors (Lipinski definition) is 0. The summed E-state index contributed by atoms with van der Waals surface area (Å²) < 4.78 is 0. The third-order valence-corrected chi connectivity index (χ3v) is 7.11. The predicted octanol–water partition coefficient (Wildman–Crippen LogP) is 4.61. The fraction of sp³-hybridized carbons (Fsp3) is 0.636. The molecule has 0 aliphatic carbocycles. The minimum atomic E-state index is -1.04. The largest absolute Gasteiger partial charge is 0.103 e. The van der Waals surface area contributed by atoms with E-state index in [0.29, 0.717) is 0 Å². The first-order chi connectivity index (χ1) is 6.18. The summed E-state index contributed by atoms with van der Waals surface area (Å²) in [7, 11) is -1.04. The molecule has 0 rings (SSSR count). The highest BCUT2D eigenvalue weighted by atomic mass is 79.9. The second kappa shape index (κ2) is 7.57. The molecule has 0 bridgehead atoms. The molecule has 0 amide bonds. The highest BCUT2D eigenvalue weighted by molar-refractivity contribution is 9.09. The Labute approximate surface area is 92.3 Å². The van der Waals surface area contributed by atoms with Crippen molar-refractivity contribution in [2.24, 2.45) is 0 Å². The van der Waals surface area contributed by atoms with E-state index in [1.165, 1.54) is 31.0 Å². The van der Waals surface area contributed by atoms with Crippen LogP contribution in [0.4, 0.5) is 0 Å². The zero-order valence-electron chi connectivity index (χ0n) is 8.69. The van der Waals surface area contributed by atoms with Crippen LogP contribution in [-0.4, -0.2) is 13.4 Å². The van der Waals surface area contributed by atoms with E-state index in [4.69, 9.17) is 0 Å². The van der Waals surface area contributed by atoms with Crippen molar-refractivity contribution < 1.29 is 0 Å². The zero-order valence-corrected chi connectivity index (χ0v) is 11.3. The van der Waals surface area contributed by atoms with Gasteiger partial charge in [-0.05, 0) is 18.5 Å². The number of alkyl halides is 1. The summed E-state index contributed by atoms with van der Waals surface area (Å²) in [5, 5.41) is 1.14. The van der Waals surface area contributed by atoms with E-state index in [1.807, 2.05) is 0 Å². The minimum absolute atomic E-state index is 1.04. The quantitative estimate of drug-likeness (QED) is 0.259. The molecule has 0 nitrogen and oxygen atoms in total. The molecule has 0 aliphatic rings. The number of allylic oxidation sites excluding steroid dienone is 2. The van der Waals surface area contributed by atoms with Crippen LogP contribution in [0.25, 0.3) is 0 Å². The van der Waals surface area contributed by atoms with Crippen molar-refractivity contribution >= 4 is 24.0 Å². The molecule has 2 heteroatoms. The third-order valence-electron chi connectivity index (χ3n) is 2.44. The van der Waals surface area contributed by atoms with Gasteiger partial charge in [0.15, 0.2) is 0 Å². The molecular formula is C11H21BrSi. The maximum absolute atomic E-state index is 3.85. The highest BCUT2D eigenvalue weighted by Crippen LogP contribution is 2.24. The molecular weight excluding hydrogens is 240 g/mol. The van der Waals surface area contributed by atoms with Gasteiger partial charge in [0.2, 0.25) is 0 Å². The minimum Gasteiger partial charge on any atom is -0.103 e. The van der Waals surface area contributed by atoms with Crippen LogP contribution in [0.1, 0.15) is 12.8 Å². The standard InChI is InChI=1S/C11H21BrSi/c1-4-9-13(3,10-5-2)11-7-6-8-12/h4-5H,1-2,6-11H2,3H3. The van der Waals surface area contributed by atoms with Crippen molar-refractivity contribution in [2.45, 2.75) is 37.5 Å². The van der Waals surface area contributed by atoms with Gasteiger partial charge in [-0.2, -0.15) is 0 Å². The molecule has 0 saturated heterocycles. The topological polar surface area (TPSA) is 0 Å². The van der Waals surface area contributed by atoms with Gasteiger partial charge in [0.05, 0.1) is 8.07 Å². The van der Waals surface area contributed by atoms with Crippen molar-refractivity contribution in [3.8, 4) is 0 Å². The highest BCUT2D eigenvalue weighted by Gasteiger charge is 2.22. The first kappa shape index (κ1) is 13.2. The Balaban J connectivity index is 3.90. The molecule has 0 saturated carbocycles. The molecule has 0 aromatic rings. The molecule has 0 atom stereocenters. The second-order valence-corrected chi connectivity index (χ2v) is 9.67. The van der Waals surface area contributed by atoms with Gasteiger partial charge in [-0.3, -0.25) is 0 Å². The number of rotatable bonds is 8. The molecule has 0 radical (unpaired) electrons. The molecule has 0 aromatic heterocycles. The summed E-state index contributed by atoms with van der Waals surface area (Å²) in [5.41, 5.74) is 0. The Kier molecular flexibility index (Phi) is 7.67. The lowest BCUT2D eigenvalue weighted by Crippen LogP contribution is -2.27. The summed E-state index contributed by atoms with van der Waals surface area (Å²) in [6.07, 6.45) is 6.83. The van der Waals surface area contributed by atoms with E-state index in [-0.39, 0.29) is 0 Å². The normalized spacial score (nSPS) is 11.2. The lowest BCUT2D eigenvalue weighted by Gasteiger charge is -2.24. The molecule has 0 spiro atoms. The van der Waals surface area contributed by atoms with Gasteiger partial charge in [-0.1, -0.05) is 47.1 Å². The van der Waals surface area contributed by atoms with Crippen molar-refractivity contribution in [2.75, 3.05) is 5.33 Å². The van der Waals surface area contributed by atoms with E-state index in [0.717, 1.165) is 5.33 Å². The summed E-state index contributed by atoms with van der Waals surface area (Å²) in [5.74, 6) is 0. The van der Waals surface area contributed by atoms with E-state index in [2.05, 4.69) is 47.8 Å². The molecule has 76 valence electrons. The van der Waals surface area contributed by atoms with Crippen molar-refractivity contribution in [1.82, 2.24) is 0 Å². The predicted molar refractivity (Wildman–Crippen MR) is 69.5 cm³/mol. The van der Waals surface area contributed by atoms with Crippen LogP contribution >= 0.6 is 15.9 Å².